The van der Waals surface area contributed by atoms with Gasteiger partial charge in [-0.05, 0) is 19.1 Å². The van der Waals surface area contributed by atoms with Crippen molar-refractivity contribution < 1.29 is 9.59 Å². The van der Waals surface area contributed by atoms with Crippen LogP contribution in [0.15, 0.2) is 23.7 Å². The molecule has 2 atom stereocenters. The second kappa shape index (κ2) is 5.73. The Morgan fingerprint density at radius 1 is 1.38 bits per heavy atom. The molecule has 0 aromatic carbocycles. The fraction of sp³-hybridized carbons (Fsp3) is 0.471. The van der Waals surface area contributed by atoms with Crippen LogP contribution in [0.2, 0.25) is 0 Å². The van der Waals surface area contributed by atoms with Crippen LogP contribution >= 0.6 is 11.3 Å². The van der Waals surface area contributed by atoms with Gasteiger partial charge in [-0.1, -0.05) is 6.92 Å². The van der Waals surface area contributed by atoms with Crippen LogP contribution in [0.25, 0.3) is 0 Å². The zero-order chi connectivity index (χ0) is 16.8. The molecule has 2 aliphatic heterocycles. The minimum Gasteiger partial charge on any atom is -0.338 e. The number of amides is 2. The zero-order valence-corrected chi connectivity index (χ0v) is 14.6. The molecule has 2 aromatic rings. The molecule has 126 valence electrons. The van der Waals surface area contributed by atoms with Crippen LogP contribution in [0.5, 0.6) is 0 Å². The van der Waals surface area contributed by atoms with E-state index in [0.29, 0.717) is 31.7 Å². The summed E-state index contributed by atoms with van der Waals surface area (Å²) in [7, 11) is 0. The molecule has 2 aromatic heterocycles. The lowest BCUT2D eigenvalue weighted by atomic mass is 10.1. The number of hydrogen-bond donors (Lipinski definition) is 0. The Hall–Kier alpha value is -2.15. The molecule has 1 fully saturated rings. The molecular formula is C17H20N4O2S. The number of fused-ring (bicyclic) bond motifs is 3. The number of rotatable bonds is 3. The number of aryl methyl sites for hydroxylation is 1. The van der Waals surface area contributed by atoms with Crippen molar-refractivity contribution in [3.05, 3.63) is 40.1 Å². The van der Waals surface area contributed by atoms with E-state index < -0.39 is 0 Å². The van der Waals surface area contributed by atoms with Crippen molar-refractivity contribution in [2.75, 3.05) is 13.1 Å². The van der Waals surface area contributed by atoms with E-state index in [1.165, 1.54) is 0 Å². The topological polar surface area (TPSA) is 58.4 Å². The fourth-order valence-electron chi connectivity index (χ4n) is 3.78. The summed E-state index contributed by atoms with van der Waals surface area (Å²) in [5.41, 5.74) is 1.62. The highest BCUT2D eigenvalue weighted by atomic mass is 32.1. The summed E-state index contributed by atoms with van der Waals surface area (Å²) in [5, 5.41) is 3.01. The third-order valence-corrected chi connectivity index (χ3v) is 5.75. The lowest BCUT2D eigenvalue weighted by molar-refractivity contribution is -0.130. The number of aromatic nitrogens is 2. The predicted molar refractivity (Wildman–Crippen MR) is 90.9 cm³/mol. The molecule has 7 heteroatoms. The normalized spacial score (nSPS) is 22.7. The van der Waals surface area contributed by atoms with Crippen LogP contribution < -0.4 is 0 Å². The minimum atomic E-state index is 0.00917. The van der Waals surface area contributed by atoms with Gasteiger partial charge in [-0.15, -0.1) is 11.3 Å². The van der Waals surface area contributed by atoms with Gasteiger partial charge in [-0.3, -0.25) is 9.59 Å². The summed E-state index contributed by atoms with van der Waals surface area (Å²) >= 11 is 1.60. The summed E-state index contributed by atoms with van der Waals surface area (Å²) in [5.74, 6) is 0.174. The molecular weight excluding hydrogens is 324 g/mol. The van der Waals surface area contributed by atoms with Crippen LogP contribution in [0.3, 0.4) is 0 Å². The van der Waals surface area contributed by atoms with Gasteiger partial charge in [0.15, 0.2) is 0 Å². The first-order valence-corrected chi connectivity index (χ1v) is 9.13. The third-order valence-electron chi connectivity index (χ3n) is 4.93. The van der Waals surface area contributed by atoms with Crippen molar-refractivity contribution in [2.24, 2.45) is 0 Å². The van der Waals surface area contributed by atoms with Crippen molar-refractivity contribution in [1.82, 2.24) is 19.4 Å². The molecule has 1 saturated heterocycles. The van der Waals surface area contributed by atoms with E-state index in [2.05, 4.69) is 4.98 Å². The second-order valence-electron chi connectivity index (χ2n) is 6.38. The van der Waals surface area contributed by atoms with Crippen LogP contribution in [0.1, 0.15) is 40.6 Å². The summed E-state index contributed by atoms with van der Waals surface area (Å²) in [6.07, 6.45) is 2.45. The van der Waals surface area contributed by atoms with Crippen LogP contribution in [0, 0.1) is 6.92 Å². The largest absolute Gasteiger partial charge is 0.338 e. The van der Waals surface area contributed by atoms with E-state index in [1.54, 1.807) is 11.3 Å². The monoisotopic (exact) mass is 344 g/mol. The highest BCUT2D eigenvalue weighted by Crippen LogP contribution is 2.34. The quantitative estimate of drug-likeness (QED) is 0.856. The maximum Gasteiger partial charge on any atom is 0.271 e. The van der Waals surface area contributed by atoms with Gasteiger partial charge in [0.1, 0.15) is 5.69 Å². The zero-order valence-electron chi connectivity index (χ0n) is 13.8. The Morgan fingerprint density at radius 2 is 2.17 bits per heavy atom. The van der Waals surface area contributed by atoms with Gasteiger partial charge in [-0.2, -0.15) is 0 Å². The molecule has 6 nitrogen and oxygen atoms in total. The SMILES string of the molecule is CCC(=O)N1C[C@@H]2[C@H](C1)N(Cc1csc(C)n1)C(=O)c1cccn12. The Kier molecular flexibility index (Phi) is 3.68. The smallest absolute Gasteiger partial charge is 0.271 e. The van der Waals surface area contributed by atoms with Gasteiger partial charge in [0, 0.05) is 31.1 Å². The van der Waals surface area contributed by atoms with Crippen LogP contribution in [0.4, 0.5) is 0 Å². The number of carbonyl (C=O) groups excluding carboxylic acids is 2. The number of thiazole rings is 1. The second-order valence-corrected chi connectivity index (χ2v) is 7.44. The van der Waals surface area contributed by atoms with Crippen molar-refractivity contribution in [2.45, 2.75) is 38.9 Å². The Bertz CT molecular complexity index is 796. The molecule has 2 amide bonds. The average molecular weight is 344 g/mol. The summed E-state index contributed by atoms with van der Waals surface area (Å²) in [6.45, 7) is 5.62. The average Bonchev–Trinajstić information content (AvgIpc) is 3.29. The van der Waals surface area contributed by atoms with Crippen molar-refractivity contribution >= 4 is 23.2 Å². The highest BCUT2D eigenvalue weighted by Gasteiger charge is 2.45. The van der Waals surface area contributed by atoms with E-state index in [1.807, 2.05) is 51.9 Å². The van der Waals surface area contributed by atoms with Gasteiger partial charge in [0.25, 0.3) is 5.91 Å². The predicted octanol–water partition coefficient (Wildman–Crippen LogP) is 2.07. The van der Waals surface area contributed by atoms with Crippen molar-refractivity contribution in [3.63, 3.8) is 0 Å². The molecule has 0 N–H and O–H groups in total. The molecule has 0 bridgehead atoms. The number of nitrogens with zero attached hydrogens (tertiary/aromatic N) is 4. The molecule has 4 heterocycles. The van der Waals surface area contributed by atoms with Crippen LogP contribution in [-0.2, 0) is 11.3 Å². The number of likely N-dealkylation sites (tertiary alicyclic amines) is 1. The third kappa shape index (κ3) is 2.34. The van der Waals surface area contributed by atoms with Gasteiger partial charge < -0.3 is 14.4 Å². The summed E-state index contributed by atoms with van der Waals surface area (Å²) in [4.78, 5) is 33.4. The van der Waals surface area contributed by atoms with Gasteiger partial charge in [0.2, 0.25) is 5.91 Å². The molecule has 4 rings (SSSR count). The summed E-state index contributed by atoms with van der Waals surface area (Å²) in [6, 6.07) is 3.91. The molecule has 0 radical (unpaired) electrons. The molecule has 0 unspecified atom stereocenters. The molecule has 2 aliphatic rings. The molecule has 0 saturated carbocycles. The van der Waals surface area contributed by atoms with E-state index in [4.69, 9.17) is 0 Å². The standard InChI is InChI=1S/C17H20N4O2S/c1-3-16(22)19-8-14-15(9-19)21(7-12-10-24-11(2)18-12)17(23)13-5-4-6-20(13)14/h4-6,10,14-15H,3,7-9H2,1-2H3/t14-,15+/m1/s1. The first-order chi connectivity index (χ1) is 11.6. The van der Waals surface area contributed by atoms with Gasteiger partial charge in [0.05, 0.1) is 29.3 Å². The molecule has 0 aliphatic carbocycles. The van der Waals surface area contributed by atoms with Gasteiger partial charge >= 0.3 is 0 Å². The highest BCUT2D eigenvalue weighted by molar-refractivity contribution is 7.09. The van der Waals surface area contributed by atoms with Crippen molar-refractivity contribution in [1.29, 1.82) is 0 Å². The minimum absolute atomic E-state index is 0.00917. The first kappa shape index (κ1) is 15.4. The van der Waals surface area contributed by atoms with Crippen molar-refractivity contribution in [3.8, 4) is 0 Å². The number of carbonyl (C=O) groups is 2. The van der Waals surface area contributed by atoms with Crippen LogP contribution in [-0.4, -0.2) is 50.3 Å². The Balaban J connectivity index is 1.68. The van der Waals surface area contributed by atoms with E-state index >= 15 is 0 Å². The first-order valence-electron chi connectivity index (χ1n) is 8.25. The van der Waals surface area contributed by atoms with E-state index in [9.17, 15) is 9.59 Å². The molecule has 0 spiro atoms. The maximum absolute atomic E-state index is 13.0. The lowest BCUT2D eigenvalue weighted by Gasteiger charge is -2.37. The van der Waals surface area contributed by atoms with E-state index in [-0.39, 0.29) is 23.9 Å². The Labute approximate surface area is 144 Å². The number of hydrogen-bond acceptors (Lipinski definition) is 4. The maximum atomic E-state index is 13.0. The van der Waals surface area contributed by atoms with Gasteiger partial charge in [-0.25, -0.2) is 4.98 Å². The summed E-state index contributed by atoms with van der Waals surface area (Å²) < 4.78 is 2.04. The Morgan fingerprint density at radius 3 is 2.88 bits per heavy atom. The molecule has 24 heavy (non-hydrogen) atoms. The fourth-order valence-corrected chi connectivity index (χ4v) is 4.39. The van der Waals surface area contributed by atoms with E-state index in [0.717, 1.165) is 10.7 Å². The lowest BCUT2D eigenvalue weighted by Crippen LogP contribution is -2.49.